The summed E-state index contributed by atoms with van der Waals surface area (Å²) in [5, 5.41) is 1.23. The number of hydrogen-bond acceptors (Lipinski definition) is 2. The average Bonchev–Trinajstić information content (AvgIpc) is 0.904. The number of furan rings is 2. The number of benzene rings is 17. The third-order valence-corrected chi connectivity index (χ3v) is 16.6. The summed E-state index contributed by atoms with van der Waals surface area (Å²) in [7, 11) is 0. The van der Waals surface area contributed by atoms with Gasteiger partial charge in [0.05, 0.1) is 41.1 Å². The van der Waals surface area contributed by atoms with E-state index in [9.17, 15) is 13.7 Å². The molecule has 2 heterocycles. The molecule has 19 rings (SSSR count). The Kier molecular flexibility index (Phi) is 6.91. The van der Waals surface area contributed by atoms with Gasteiger partial charge in [-0.15, -0.1) is 0 Å². The van der Waals surface area contributed by atoms with Crippen LogP contribution in [-0.2, 0) is 0 Å². The summed E-state index contributed by atoms with van der Waals surface area (Å²) in [5.74, 6) is 0. The van der Waals surface area contributed by atoms with Crippen molar-refractivity contribution in [3.8, 4) is 66.8 Å². The summed E-state index contributed by atoms with van der Waals surface area (Å²) in [6.45, 7) is 0. The molecule has 0 radical (unpaired) electrons. The van der Waals surface area contributed by atoms with Gasteiger partial charge in [-0.25, -0.2) is 0 Å². The molecular formula is C88H54O2. The first kappa shape index (κ1) is 29.7. The first-order valence-corrected chi connectivity index (χ1v) is 28.5. The maximum atomic E-state index is 9.51. The molecule has 418 valence electrons. The standard InChI is InChI=1S/C46H28O.C42H26O/c1-2-15-30-29(13-1)14-11-23-34(30)44-36-18-5-7-20-38(36)45(39-21-8-6-19-37(39)44)40-28-27-33(31-16-3-4-17-32(31)40)35-24-12-26-43-46(35)41-22-9-10-25-42(41)47-43;1-2-13-30-27(11-1)12-9-20-32(30)41-35-16-5-3-14-33(35)40(34-15-4-6-17-36(34)41)29-25-23-28(24-26-29)31-19-10-22-39-42(31)37-18-7-8-21-38(37)43-39/h1-28H;1-26H/i1D,2D,5D,6D,7D,8D,11D,13D,14D,15D,18D,19D,20D,21D,23D;1D,2D,3D,4D,5D,6D,9D,11D,12D,13D,14D,15D,16D,17D,20D. The van der Waals surface area contributed by atoms with Gasteiger partial charge in [0.15, 0.2) is 0 Å². The second-order valence-corrected chi connectivity index (χ2v) is 21.3. The van der Waals surface area contributed by atoms with E-state index in [2.05, 4.69) is 0 Å². The van der Waals surface area contributed by atoms with Gasteiger partial charge in [-0.2, -0.15) is 0 Å². The molecule has 0 fully saturated rings. The first-order chi connectivity index (χ1) is 57.2. The molecule has 2 heteroatoms. The number of hydrogen-bond donors (Lipinski definition) is 0. The molecule has 0 aliphatic carbocycles. The fourth-order valence-corrected chi connectivity index (χ4v) is 12.9. The fraction of sp³-hybridized carbons (Fsp3) is 0. The predicted molar refractivity (Wildman–Crippen MR) is 383 cm³/mol. The van der Waals surface area contributed by atoms with E-state index in [0.29, 0.717) is 44.2 Å². The summed E-state index contributed by atoms with van der Waals surface area (Å²) in [6.07, 6.45) is 0. The van der Waals surface area contributed by atoms with Gasteiger partial charge in [0.1, 0.15) is 22.3 Å². The molecule has 0 unspecified atom stereocenters. The molecule has 0 saturated carbocycles. The van der Waals surface area contributed by atoms with Crippen LogP contribution < -0.4 is 0 Å². The van der Waals surface area contributed by atoms with Crippen molar-refractivity contribution in [2.24, 2.45) is 0 Å². The molecule has 0 bridgehead atoms. The minimum absolute atomic E-state index is 0.0345. The van der Waals surface area contributed by atoms with Crippen molar-refractivity contribution in [1.29, 1.82) is 0 Å². The molecule has 0 N–H and O–H groups in total. The van der Waals surface area contributed by atoms with Gasteiger partial charge in [-0.05, 0) is 166 Å². The predicted octanol–water partition coefficient (Wildman–Crippen LogP) is 25.2. The Balaban J connectivity index is 0.000000165. The van der Waals surface area contributed by atoms with Gasteiger partial charge in [0, 0.05) is 21.5 Å². The highest BCUT2D eigenvalue weighted by Crippen LogP contribution is 2.50. The van der Waals surface area contributed by atoms with Crippen LogP contribution in [0.5, 0.6) is 0 Å². The SMILES string of the molecule is [2H]c1c([2H])c([2H])c2c(-c3c4c([2H])c([2H])c([2H])c([2H])c4c(-c4ccc(-c5cccc6oc7ccccc7c56)c5ccccc45)c4c([2H])c([2H])c([2H])c([2H])c34)c([2H])c([2H])c([2H])c2c1[2H].[2H]c1c([2H])c([2H])c2c(-c3c4c([2H])c([2H])c([2H])c([2H])c4c(-c4ccc(-c5cccc6oc7ccccc7c56)cc4)c4c([2H])c([2H])c([2H])c([2H])c34)c([2H])c([2H])c([2H])c2c1[2H]. The van der Waals surface area contributed by atoms with Gasteiger partial charge >= 0.3 is 0 Å². The molecule has 2 nitrogen and oxygen atoms in total. The quantitative estimate of drug-likeness (QED) is 0.155. The molecule has 19 aromatic rings. The fourth-order valence-electron chi connectivity index (χ4n) is 12.9. The Morgan fingerprint density at radius 3 is 1.00 bits per heavy atom. The normalized spacial score (nSPS) is 16.4. The molecule has 0 amide bonds. The van der Waals surface area contributed by atoms with Crippen LogP contribution in [-0.4, -0.2) is 0 Å². The third-order valence-electron chi connectivity index (χ3n) is 16.6. The van der Waals surface area contributed by atoms with Crippen LogP contribution in [0.25, 0.3) is 186 Å². The Labute approximate surface area is 561 Å². The van der Waals surface area contributed by atoms with Gasteiger partial charge in [-0.3, -0.25) is 0 Å². The lowest BCUT2D eigenvalue weighted by atomic mass is 9.83. The van der Waals surface area contributed by atoms with Crippen LogP contribution in [0.1, 0.15) is 41.1 Å². The number of para-hydroxylation sites is 2. The second kappa shape index (κ2) is 21.0. The van der Waals surface area contributed by atoms with Crippen molar-refractivity contribution in [2.75, 3.05) is 0 Å². The lowest BCUT2D eigenvalue weighted by molar-refractivity contribution is 0.668. The van der Waals surface area contributed by atoms with E-state index >= 15 is 0 Å². The molecule has 0 saturated heterocycles. The first-order valence-electron chi connectivity index (χ1n) is 43.5. The van der Waals surface area contributed by atoms with Crippen molar-refractivity contribution >= 4 is 119 Å². The molecule has 0 aliphatic heterocycles. The zero-order valence-corrected chi connectivity index (χ0v) is 46.7. The van der Waals surface area contributed by atoms with Crippen molar-refractivity contribution < 1.29 is 50.0 Å². The van der Waals surface area contributed by atoms with Gasteiger partial charge < -0.3 is 8.83 Å². The van der Waals surface area contributed by atoms with Crippen LogP contribution in [0.15, 0.2) is 336 Å². The van der Waals surface area contributed by atoms with Crippen molar-refractivity contribution in [2.45, 2.75) is 0 Å². The number of rotatable bonds is 6. The van der Waals surface area contributed by atoms with Crippen LogP contribution in [0, 0.1) is 0 Å². The van der Waals surface area contributed by atoms with E-state index in [1.807, 2.05) is 109 Å². The summed E-state index contributed by atoms with van der Waals surface area (Å²) in [6, 6.07) is 24.3. The van der Waals surface area contributed by atoms with Crippen molar-refractivity contribution in [1.82, 2.24) is 0 Å². The molecule has 0 aliphatic rings. The van der Waals surface area contributed by atoms with Crippen LogP contribution in [0.3, 0.4) is 0 Å². The van der Waals surface area contributed by atoms with Crippen LogP contribution in [0.2, 0.25) is 0 Å². The zero-order valence-electron chi connectivity index (χ0n) is 76.7. The molecule has 17 aromatic carbocycles. The Morgan fingerprint density at radius 1 is 0.189 bits per heavy atom. The highest BCUT2D eigenvalue weighted by Gasteiger charge is 2.23. The topological polar surface area (TPSA) is 26.3 Å². The van der Waals surface area contributed by atoms with E-state index < -0.39 is 214 Å². The Hall–Kier alpha value is -11.8. The Bertz CT molecular complexity index is 7790. The Morgan fingerprint density at radius 2 is 0.522 bits per heavy atom. The highest BCUT2D eigenvalue weighted by molar-refractivity contribution is 6.27. The van der Waals surface area contributed by atoms with Gasteiger partial charge in [-0.1, -0.05) is 303 Å². The maximum Gasteiger partial charge on any atom is 0.136 e. The highest BCUT2D eigenvalue weighted by atomic mass is 16.3. The minimum atomic E-state index is -0.758. The molecule has 0 spiro atoms. The lowest BCUT2D eigenvalue weighted by Gasteiger charge is -2.20. The minimum Gasteiger partial charge on any atom is -0.456 e. The number of fused-ring (bicyclic) bond motifs is 13. The smallest absolute Gasteiger partial charge is 0.136 e. The van der Waals surface area contributed by atoms with E-state index in [0.717, 1.165) is 43.8 Å². The third kappa shape index (κ3) is 8.12. The molecule has 2 aromatic heterocycles. The molecule has 0 atom stereocenters. The van der Waals surface area contributed by atoms with Crippen molar-refractivity contribution in [3.63, 3.8) is 0 Å². The molecule has 90 heavy (non-hydrogen) atoms. The second-order valence-electron chi connectivity index (χ2n) is 21.3. The van der Waals surface area contributed by atoms with E-state index in [1.54, 1.807) is 36.4 Å². The monoisotopic (exact) mass is 1170 g/mol. The summed E-state index contributed by atoms with van der Waals surface area (Å²) in [4.78, 5) is 0. The van der Waals surface area contributed by atoms with Crippen LogP contribution >= 0.6 is 0 Å². The van der Waals surface area contributed by atoms with Gasteiger partial charge in [0.2, 0.25) is 0 Å². The summed E-state index contributed by atoms with van der Waals surface area (Å²) in [5.41, 5.74) is 5.13. The summed E-state index contributed by atoms with van der Waals surface area (Å²) < 4.78 is 281. The molecular weight excluding hydrogens is 1090 g/mol. The van der Waals surface area contributed by atoms with Gasteiger partial charge in [0.25, 0.3) is 0 Å². The van der Waals surface area contributed by atoms with E-state index in [1.165, 1.54) is 0 Å². The van der Waals surface area contributed by atoms with E-state index in [-0.39, 0.29) is 65.3 Å². The van der Waals surface area contributed by atoms with Crippen LogP contribution in [0.4, 0.5) is 0 Å². The maximum absolute atomic E-state index is 9.51. The average molecular weight is 1170 g/mol. The zero-order chi connectivity index (χ0) is 85.3. The van der Waals surface area contributed by atoms with E-state index in [4.69, 9.17) is 36.2 Å². The van der Waals surface area contributed by atoms with Crippen molar-refractivity contribution in [3.05, 3.63) is 327 Å². The summed E-state index contributed by atoms with van der Waals surface area (Å²) >= 11 is 0. The largest absolute Gasteiger partial charge is 0.456 e. The lowest BCUT2D eigenvalue weighted by Crippen LogP contribution is -1.93.